The summed E-state index contributed by atoms with van der Waals surface area (Å²) >= 11 is 10.3. The second kappa shape index (κ2) is 3.84. The van der Waals surface area contributed by atoms with Crippen LogP contribution in [-0.4, -0.2) is 11.8 Å². The molecular weight excluding hydrogens is 233 g/mol. The van der Waals surface area contributed by atoms with E-state index in [2.05, 4.69) is 0 Å². The number of sulfonamides is 1. The van der Waals surface area contributed by atoms with Crippen molar-refractivity contribution in [3.8, 4) is 0 Å². The third kappa shape index (κ3) is 2.34. The Hall–Kier alpha value is -0.290. The van der Waals surface area contributed by atoms with E-state index in [1.807, 2.05) is 6.92 Å². The van der Waals surface area contributed by atoms with Crippen molar-refractivity contribution in [1.82, 2.24) is 3.34 Å². The van der Waals surface area contributed by atoms with E-state index in [1.54, 1.807) is 12.1 Å². The van der Waals surface area contributed by atoms with Crippen LogP contribution >= 0.6 is 23.6 Å². The van der Waals surface area contributed by atoms with Gasteiger partial charge in [0.15, 0.2) is 0 Å². The van der Waals surface area contributed by atoms with Gasteiger partial charge in [0.1, 0.15) is 0 Å². The molecule has 0 aliphatic heterocycles. The minimum atomic E-state index is -3.73. The molecular formula is C7H7Cl2NO2S. The molecule has 3 nitrogen and oxygen atoms in total. The van der Waals surface area contributed by atoms with E-state index in [0.717, 1.165) is 5.56 Å². The molecule has 1 aromatic carbocycles. The van der Waals surface area contributed by atoms with Crippen molar-refractivity contribution in [3.05, 3.63) is 29.8 Å². The summed E-state index contributed by atoms with van der Waals surface area (Å²) in [6.45, 7) is 1.86. The Morgan fingerprint density at radius 3 is 2.00 bits per heavy atom. The lowest BCUT2D eigenvalue weighted by atomic mass is 10.2. The Bertz CT molecular complexity index is 385. The molecule has 72 valence electrons. The molecule has 13 heavy (non-hydrogen) atoms. The van der Waals surface area contributed by atoms with Crippen LogP contribution in [0.3, 0.4) is 0 Å². The molecule has 0 aliphatic carbocycles. The maximum atomic E-state index is 11.3. The van der Waals surface area contributed by atoms with E-state index in [4.69, 9.17) is 23.6 Å². The van der Waals surface area contributed by atoms with Crippen LogP contribution in [0.25, 0.3) is 0 Å². The zero-order valence-corrected chi connectivity index (χ0v) is 9.07. The molecule has 0 bridgehead atoms. The van der Waals surface area contributed by atoms with E-state index in [0.29, 0.717) is 0 Å². The highest BCUT2D eigenvalue weighted by Crippen LogP contribution is 2.19. The first-order valence-electron chi connectivity index (χ1n) is 3.38. The van der Waals surface area contributed by atoms with Crippen LogP contribution in [0.15, 0.2) is 29.2 Å². The number of halogens is 2. The van der Waals surface area contributed by atoms with Crippen LogP contribution in [0.1, 0.15) is 5.56 Å². The summed E-state index contributed by atoms with van der Waals surface area (Å²) in [6.07, 6.45) is 0. The first-order chi connectivity index (χ1) is 5.94. The molecule has 0 spiro atoms. The van der Waals surface area contributed by atoms with Crippen LogP contribution in [0.4, 0.5) is 0 Å². The Labute approximate surface area is 87.1 Å². The van der Waals surface area contributed by atoms with Crippen LogP contribution in [0.5, 0.6) is 0 Å². The lowest BCUT2D eigenvalue weighted by molar-refractivity contribution is 0.579. The Morgan fingerprint density at radius 2 is 1.62 bits per heavy atom. The lowest BCUT2D eigenvalue weighted by Gasteiger charge is -2.05. The van der Waals surface area contributed by atoms with E-state index in [-0.39, 0.29) is 8.24 Å². The van der Waals surface area contributed by atoms with Crippen molar-refractivity contribution in [3.63, 3.8) is 0 Å². The monoisotopic (exact) mass is 239 g/mol. The Balaban J connectivity index is 3.17. The van der Waals surface area contributed by atoms with Crippen molar-refractivity contribution in [2.75, 3.05) is 0 Å². The van der Waals surface area contributed by atoms with Crippen LogP contribution < -0.4 is 0 Å². The minimum absolute atomic E-state index is 0.0723. The van der Waals surface area contributed by atoms with Gasteiger partial charge in [-0.3, -0.25) is 0 Å². The first-order valence-corrected chi connectivity index (χ1v) is 5.50. The van der Waals surface area contributed by atoms with Crippen molar-refractivity contribution >= 4 is 33.6 Å². The van der Waals surface area contributed by atoms with Crippen molar-refractivity contribution in [1.29, 1.82) is 0 Å². The fourth-order valence-corrected chi connectivity index (χ4v) is 1.91. The van der Waals surface area contributed by atoms with Gasteiger partial charge in [-0.05, 0) is 22.4 Å². The number of hydrogen-bond acceptors (Lipinski definition) is 2. The molecule has 1 rings (SSSR count). The summed E-state index contributed by atoms with van der Waals surface area (Å²) < 4.78 is 22.8. The van der Waals surface area contributed by atoms with Crippen molar-refractivity contribution in [2.45, 2.75) is 11.8 Å². The smallest absolute Gasteiger partial charge is 0.204 e. The fourth-order valence-electron chi connectivity index (χ4n) is 0.790. The molecule has 0 aliphatic rings. The molecule has 0 saturated carbocycles. The maximum Gasteiger partial charge on any atom is 0.270 e. The summed E-state index contributed by atoms with van der Waals surface area (Å²) in [5, 5.41) is 0. The topological polar surface area (TPSA) is 37.4 Å². The maximum absolute atomic E-state index is 11.3. The van der Waals surface area contributed by atoms with E-state index in [9.17, 15) is 8.42 Å². The van der Waals surface area contributed by atoms with Crippen LogP contribution in [0.2, 0.25) is 0 Å². The Kier molecular flexibility index (Phi) is 3.18. The quantitative estimate of drug-likeness (QED) is 0.743. The molecule has 6 heteroatoms. The summed E-state index contributed by atoms with van der Waals surface area (Å²) in [6, 6.07) is 6.24. The number of benzene rings is 1. The number of nitrogens with zero attached hydrogens (tertiary/aromatic N) is 1. The average Bonchev–Trinajstić information content (AvgIpc) is 2.04. The van der Waals surface area contributed by atoms with Gasteiger partial charge >= 0.3 is 0 Å². The van der Waals surface area contributed by atoms with Gasteiger partial charge < -0.3 is 0 Å². The minimum Gasteiger partial charge on any atom is -0.204 e. The molecule has 0 saturated heterocycles. The number of aryl methyl sites for hydroxylation is 1. The van der Waals surface area contributed by atoms with E-state index in [1.165, 1.54) is 12.1 Å². The molecule has 0 radical (unpaired) electrons. The molecule has 0 aromatic heterocycles. The van der Waals surface area contributed by atoms with Gasteiger partial charge in [-0.1, -0.05) is 17.7 Å². The van der Waals surface area contributed by atoms with Gasteiger partial charge in [-0.15, -0.1) is 0 Å². The third-order valence-corrected chi connectivity index (χ3v) is 3.82. The lowest BCUT2D eigenvalue weighted by Crippen LogP contribution is -2.12. The number of hydrogen-bond donors (Lipinski definition) is 0. The molecule has 0 amide bonds. The highest BCUT2D eigenvalue weighted by atomic mass is 35.5. The summed E-state index contributed by atoms with van der Waals surface area (Å²) in [5.74, 6) is 0. The summed E-state index contributed by atoms with van der Waals surface area (Å²) in [7, 11) is -3.73. The second-order valence-corrected chi connectivity index (χ2v) is 5.53. The van der Waals surface area contributed by atoms with Gasteiger partial charge in [-0.25, -0.2) is 8.42 Å². The van der Waals surface area contributed by atoms with Gasteiger partial charge in [-0.2, -0.15) is 0 Å². The highest BCUT2D eigenvalue weighted by Gasteiger charge is 2.20. The third-order valence-electron chi connectivity index (χ3n) is 1.50. The molecule has 0 unspecified atom stereocenters. The highest BCUT2D eigenvalue weighted by molar-refractivity contribution is 7.91. The van der Waals surface area contributed by atoms with Gasteiger partial charge in [0.05, 0.1) is 4.90 Å². The summed E-state index contributed by atoms with van der Waals surface area (Å²) in [5.41, 5.74) is 0.967. The molecule has 0 heterocycles. The molecule has 0 atom stereocenters. The van der Waals surface area contributed by atoms with Gasteiger partial charge in [0.25, 0.3) is 10.0 Å². The zero-order chi connectivity index (χ0) is 10.1. The van der Waals surface area contributed by atoms with Gasteiger partial charge in [0.2, 0.25) is 0 Å². The molecule has 0 N–H and O–H groups in total. The Morgan fingerprint density at radius 1 is 1.15 bits per heavy atom. The molecule has 1 aromatic rings. The van der Waals surface area contributed by atoms with Gasteiger partial charge in [0, 0.05) is 23.6 Å². The van der Waals surface area contributed by atoms with Crippen molar-refractivity contribution < 1.29 is 8.42 Å². The second-order valence-electron chi connectivity index (χ2n) is 2.49. The normalized spacial score (nSPS) is 12.0. The van der Waals surface area contributed by atoms with Crippen LogP contribution in [-0.2, 0) is 10.0 Å². The standard InChI is InChI=1S/C7H7Cl2NO2S/c1-6-2-4-7(5-3-6)13(11,12)10(8)9/h2-5H,1H3. The summed E-state index contributed by atoms with van der Waals surface area (Å²) in [4.78, 5) is 0.0723. The van der Waals surface area contributed by atoms with E-state index >= 15 is 0 Å². The predicted octanol–water partition coefficient (Wildman–Crippen LogP) is 2.29. The number of rotatable bonds is 2. The SMILES string of the molecule is Cc1ccc(S(=O)(=O)N(Cl)Cl)cc1. The first kappa shape index (κ1) is 10.8. The van der Waals surface area contributed by atoms with Crippen LogP contribution in [0, 0.1) is 6.92 Å². The van der Waals surface area contributed by atoms with E-state index < -0.39 is 10.0 Å². The predicted molar refractivity (Wildman–Crippen MR) is 51.9 cm³/mol. The molecule has 0 fully saturated rings. The largest absolute Gasteiger partial charge is 0.270 e. The van der Waals surface area contributed by atoms with Crippen molar-refractivity contribution in [2.24, 2.45) is 0 Å². The zero-order valence-electron chi connectivity index (χ0n) is 6.74. The fraction of sp³-hybridized carbons (Fsp3) is 0.143. The average molecular weight is 240 g/mol.